The highest BCUT2D eigenvalue weighted by Crippen LogP contribution is 2.39. The van der Waals surface area contributed by atoms with Crippen molar-refractivity contribution < 1.29 is 45.5 Å². The summed E-state index contributed by atoms with van der Waals surface area (Å²) in [6.45, 7) is 13.0. The Labute approximate surface area is 492 Å². The van der Waals surface area contributed by atoms with E-state index in [9.17, 15) is 36.0 Å². The highest BCUT2D eigenvalue weighted by Gasteiger charge is 2.34. The number of rotatable bonds is 25. The van der Waals surface area contributed by atoms with Gasteiger partial charge in [-0.3, -0.25) is 9.59 Å². The molecule has 0 aliphatic carbocycles. The van der Waals surface area contributed by atoms with Gasteiger partial charge in [0.2, 0.25) is 11.8 Å². The summed E-state index contributed by atoms with van der Waals surface area (Å²) in [7, 11) is -4.15. The molecule has 6 amide bonds. The highest BCUT2D eigenvalue weighted by molar-refractivity contribution is 7.90. The van der Waals surface area contributed by atoms with Crippen LogP contribution in [0, 0.1) is 25.7 Å². The van der Waals surface area contributed by atoms with E-state index in [1.54, 1.807) is 24.3 Å². The number of benzene rings is 4. The first-order valence-corrected chi connectivity index (χ1v) is 31.9. The normalized spacial score (nSPS) is 19.7. The van der Waals surface area contributed by atoms with E-state index in [0.717, 1.165) is 46.5 Å². The molecule has 24 heteroatoms. The quantitative estimate of drug-likeness (QED) is 0.0472. The van der Waals surface area contributed by atoms with Gasteiger partial charge < -0.3 is 50.3 Å². The summed E-state index contributed by atoms with van der Waals surface area (Å²) in [5, 5.41) is 12.4. The predicted octanol–water partition coefficient (Wildman–Crippen LogP) is 5.13. The molecule has 0 bridgehead atoms. The van der Waals surface area contributed by atoms with E-state index in [1.165, 1.54) is 23.3 Å². The molecule has 2 saturated heterocycles. The third-order valence-electron chi connectivity index (χ3n) is 15.8. The number of carbonyl (C=O) groups is 4. The molecule has 82 heavy (non-hydrogen) atoms. The molecule has 20 nitrogen and oxygen atoms in total. The molecule has 4 aromatic rings. The van der Waals surface area contributed by atoms with Crippen LogP contribution in [0.5, 0.6) is 0 Å². The molecular weight excluding hydrogens is 1130 g/mol. The smallest absolute Gasteiger partial charge is 0.314 e. The molecule has 0 radical (unpaired) electrons. The van der Waals surface area contributed by atoms with Gasteiger partial charge in [0, 0.05) is 100 Å². The number of likely N-dealkylation sites (tertiary alicyclic amines) is 2. The number of halogens is 2. The van der Waals surface area contributed by atoms with Gasteiger partial charge in [-0.1, -0.05) is 47.5 Å². The first-order chi connectivity index (χ1) is 39.2. The van der Waals surface area contributed by atoms with E-state index in [-0.39, 0.29) is 33.7 Å². The molecule has 6 N–H and O–H groups in total. The number of urea groups is 2. The van der Waals surface area contributed by atoms with Gasteiger partial charge in [-0.05, 0) is 160 Å². The molecule has 0 saturated carbocycles. The SMILES string of the molecule is Cc1cc(Cl)cc2c1CN(C)CC2c1cccc(S(=O)(=O)NC(=O)[C@@H]2CCN(CCOCCNC(=O)NCCCCNC(=O)NCCOCCN3CC[C@@H](C(=O)NS(=O)(=O)c4cccc(C5CN(C)Cc6c(C)cc(Cl)cc65)c4)C3)C2)c1. The molecule has 8 rings (SSSR count). The lowest BCUT2D eigenvalue weighted by molar-refractivity contribution is -0.123. The number of amides is 6. The van der Waals surface area contributed by atoms with Gasteiger partial charge in [-0.15, -0.1) is 0 Å². The zero-order valence-electron chi connectivity index (χ0n) is 47.2. The van der Waals surface area contributed by atoms with Gasteiger partial charge >= 0.3 is 12.1 Å². The van der Waals surface area contributed by atoms with E-state index < -0.39 is 43.7 Å². The number of nitrogens with one attached hydrogen (secondary N) is 6. The van der Waals surface area contributed by atoms with Crippen molar-refractivity contribution in [1.29, 1.82) is 0 Å². The van der Waals surface area contributed by atoms with Crippen LogP contribution in [0.25, 0.3) is 0 Å². The summed E-state index contributed by atoms with van der Waals surface area (Å²) in [5.41, 5.74) is 8.41. The maximum Gasteiger partial charge on any atom is 0.314 e. The van der Waals surface area contributed by atoms with E-state index in [2.05, 4.69) is 50.3 Å². The largest absolute Gasteiger partial charge is 0.378 e. The highest BCUT2D eigenvalue weighted by atomic mass is 35.5. The molecule has 2 fully saturated rings. The van der Waals surface area contributed by atoms with E-state index in [1.807, 2.05) is 64.3 Å². The first-order valence-electron chi connectivity index (χ1n) is 28.1. The zero-order valence-corrected chi connectivity index (χ0v) is 50.4. The predicted molar refractivity (Wildman–Crippen MR) is 315 cm³/mol. The number of sulfonamides is 2. The number of carbonyl (C=O) groups excluding carboxylic acids is 4. The van der Waals surface area contributed by atoms with Crippen molar-refractivity contribution in [3.05, 3.63) is 127 Å². The second-order valence-electron chi connectivity index (χ2n) is 22.0. The van der Waals surface area contributed by atoms with Gasteiger partial charge in [0.05, 0.1) is 48.1 Å². The van der Waals surface area contributed by atoms with Crippen molar-refractivity contribution in [3.8, 4) is 0 Å². The summed E-state index contributed by atoms with van der Waals surface area (Å²) < 4.78 is 70.0. The van der Waals surface area contributed by atoms with Crippen LogP contribution in [-0.4, -0.2) is 179 Å². The number of hydrogen-bond acceptors (Lipinski definition) is 14. The fourth-order valence-electron chi connectivity index (χ4n) is 11.4. The van der Waals surface area contributed by atoms with Crippen LogP contribution in [0.15, 0.2) is 82.6 Å². The Morgan fingerprint density at radius 1 is 0.549 bits per heavy atom. The third-order valence-corrected chi connectivity index (χ3v) is 18.9. The van der Waals surface area contributed by atoms with Crippen molar-refractivity contribution in [2.75, 3.05) is 119 Å². The minimum Gasteiger partial charge on any atom is -0.378 e. The van der Waals surface area contributed by atoms with Crippen LogP contribution >= 0.6 is 23.2 Å². The van der Waals surface area contributed by atoms with Crippen LogP contribution in [0.1, 0.15) is 82.0 Å². The average Bonchev–Trinajstić information content (AvgIpc) is 4.19. The number of unbranched alkanes of at least 4 members (excludes halogenated alkanes) is 1. The second-order valence-corrected chi connectivity index (χ2v) is 26.3. The summed E-state index contributed by atoms with van der Waals surface area (Å²) in [5.74, 6) is -2.18. The average molecular weight is 1210 g/mol. The minimum atomic E-state index is -4.12. The first kappa shape index (κ1) is 62.6. The number of aryl methyl sites for hydroxylation is 2. The van der Waals surface area contributed by atoms with Gasteiger partial charge in [-0.2, -0.15) is 0 Å². The van der Waals surface area contributed by atoms with Crippen LogP contribution in [0.2, 0.25) is 10.0 Å². The Kier molecular flexibility index (Phi) is 22.1. The Hall–Kier alpha value is -5.40. The molecule has 446 valence electrons. The Morgan fingerprint density at radius 3 is 1.37 bits per heavy atom. The van der Waals surface area contributed by atoms with E-state index in [4.69, 9.17) is 32.7 Å². The van der Waals surface area contributed by atoms with Crippen molar-refractivity contribution >= 4 is 67.1 Å². The van der Waals surface area contributed by atoms with E-state index >= 15 is 0 Å². The molecule has 4 atom stereocenters. The molecule has 4 aromatic carbocycles. The number of fused-ring (bicyclic) bond motifs is 2. The Bertz CT molecular complexity index is 2950. The molecule has 4 aliphatic rings. The monoisotopic (exact) mass is 1210 g/mol. The number of nitrogens with zero attached hydrogens (tertiary/aromatic N) is 4. The second kappa shape index (κ2) is 28.9. The van der Waals surface area contributed by atoms with Crippen LogP contribution < -0.4 is 30.7 Å². The van der Waals surface area contributed by atoms with E-state index in [0.29, 0.717) is 141 Å². The summed E-state index contributed by atoms with van der Waals surface area (Å²) in [6, 6.07) is 20.7. The van der Waals surface area contributed by atoms with Crippen LogP contribution in [0.3, 0.4) is 0 Å². The summed E-state index contributed by atoms with van der Waals surface area (Å²) in [6.07, 6.45) is 2.34. The summed E-state index contributed by atoms with van der Waals surface area (Å²) in [4.78, 5) is 59.6. The maximum absolute atomic E-state index is 13.5. The Morgan fingerprint density at radius 2 is 0.951 bits per heavy atom. The van der Waals surface area contributed by atoms with Crippen LogP contribution in [-0.2, 0) is 52.2 Å². The molecule has 4 heterocycles. The lowest BCUT2D eigenvalue weighted by Gasteiger charge is -2.34. The minimum absolute atomic E-state index is 0.0396. The standard InChI is InChI=1S/C58H78Cl2N10O10S2/c1-39-27-45(59)31-49-51(39)35-67(3)37-53(49)41-9-7-11-47(29-41)81(75,76)65-55(71)43-13-19-69(33-43)21-25-79-23-17-63-57(73)61-15-5-6-16-62-58(74)64-18-24-80-26-22-70-20-14-44(34-70)56(72)66-82(77,78)48-12-8-10-42(30-48)54-38-68(4)36-52-40(2)28-46(60)32-50(52)54/h7-12,27-32,43-44,53-54H,5-6,13-26,33-38H2,1-4H3,(H,65,71)(H,66,72)(H2,61,63,73)(H2,62,64,74)/t43-,44-,53?,54?/m1/s1. The third kappa shape index (κ3) is 17.1. The van der Waals surface area contributed by atoms with Gasteiger partial charge in [0.25, 0.3) is 20.0 Å². The number of likely N-dealkylation sites (N-methyl/N-ethyl adjacent to an activating group) is 2. The van der Waals surface area contributed by atoms with Gasteiger partial charge in [-0.25, -0.2) is 35.9 Å². The summed E-state index contributed by atoms with van der Waals surface area (Å²) >= 11 is 12.9. The topological polar surface area (TPSA) is 240 Å². The van der Waals surface area contributed by atoms with Gasteiger partial charge in [0.1, 0.15) is 0 Å². The molecule has 2 unspecified atom stereocenters. The molecular formula is C58H78Cl2N10O10S2. The Balaban J connectivity index is 0.611. The molecule has 4 aliphatic heterocycles. The lowest BCUT2D eigenvalue weighted by atomic mass is 9.83. The van der Waals surface area contributed by atoms with Crippen molar-refractivity contribution in [2.45, 2.75) is 74.2 Å². The van der Waals surface area contributed by atoms with Crippen molar-refractivity contribution in [3.63, 3.8) is 0 Å². The zero-order chi connectivity index (χ0) is 58.6. The lowest BCUT2D eigenvalue weighted by Crippen LogP contribution is -2.39. The number of hydrogen-bond donors (Lipinski definition) is 6. The van der Waals surface area contributed by atoms with Gasteiger partial charge in [0.15, 0.2) is 0 Å². The molecule has 0 aromatic heterocycles. The number of ether oxygens (including phenoxy) is 2. The van der Waals surface area contributed by atoms with Crippen molar-refractivity contribution in [2.24, 2.45) is 11.8 Å². The van der Waals surface area contributed by atoms with Crippen molar-refractivity contribution in [1.82, 2.24) is 50.3 Å². The fourth-order valence-corrected chi connectivity index (χ4v) is 14.2. The van der Waals surface area contributed by atoms with Crippen LogP contribution in [0.4, 0.5) is 9.59 Å². The maximum atomic E-state index is 13.5. The molecule has 0 spiro atoms. The fraction of sp³-hybridized carbons (Fsp3) is 0.517.